The van der Waals surface area contributed by atoms with Crippen LogP contribution in [-0.4, -0.2) is 30.5 Å². The lowest BCUT2D eigenvalue weighted by atomic mass is 10.1. The molecule has 8 heteroatoms. The molecule has 0 fully saturated rings. The van der Waals surface area contributed by atoms with Crippen LogP contribution in [0.5, 0.6) is 0 Å². The van der Waals surface area contributed by atoms with Gasteiger partial charge in [0.2, 0.25) is 0 Å². The highest BCUT2D eigenvalue weighted by atomic mass is 127. The Kier molecular flexibility index (Phi) is 10.5. The quantitative estimate of drug-likeness (QED) is 0.189. The number of aromatic nitrogens is 1. The Morgan fingerprint density at radius 1 is 1.10 bits per heavy atom. The molecule has 2 N–H and O–H groups in total. The molecule has 31 heavy (non-hydrogen) atoms. The summed E-state index contributed by atoms with van der Waals surface area (Å²) in [5, 5.41) is 9.71. The highest BCUT2D eigenvalue weighted by Crippen LogP contribution is 2.10. The van der Waals surface area contributed by atoms with Crippen molar-refractivity contribution in [2.24, 2.45) is 4.99 Å². The number of hydrogen-bond acceptors (Lipinski definition) is 5. The molecular weight excluding hydrogens is 523 g/mol. The molecular formula is C23H27IN4O2S. The number of esters is 1. The fourth-order valence-corrected chi connectivity index (χ4v) is 3.50. The predicted molar refractivity (Wildman–Crippen MR) is 136 cm³/mol. The highest BCUT2D eigenvalue weighted by Gasteiger charge is 2.09. The van der Waals surface area contributed by atoms with Crippen molar-refractivity contribution in [3.05, 3.63) is 87.4 Å². The summed E-state index contributed by atoms with van der Waals surface area (Å²) in [6.07, 6.45) is 0.841. The van der Waals surface area contributed by atoms with Gasteiger partial charge in [0.05, 0.1) is 16.3 Å². The van der Waals surface area contributed by atoms with E-state index < -0.39 is 0 Å². The van der Waals surface area contributed by atoms with Crippen molar-refractivity contribution in [2.75, 3.05) is 13.6 Å². The van der Waals surface area contributed by atoms with Crippen molar-refractivity contribution in [3.8, 4) is 0 Å². The number of nitrogens with zero attached hydrogens (tertiary/aromatic N) is 2. The third kappa shape index (κ3) is 8.29. The van der Waals surface area contributed by atoms with Gasteiger partial charge in [0.1, 0.15) is 6.61 Å². The van der Waals surface area contributed by atoms with E-state index >= 15 is 0 Å². The summed E-state index contributed by atoms with van der Waals surface area (Å²) >= 11 is 1.66. The number of aryl methyl sites for hydroxylation is 1. The van der Waals surface area contributed by atoms with Crippen LogP contribution >= 0.6 is 35.3 Å². The molecule has 0 atom stereocenters. The zero-order valence-corrected chi connectivity index (χ0v) is 20.8. The largest absolute Gasteiger partial charge is 0.457 e. The number of rotatable bonds is 8. The first-order chi connectivity index (χ1) is 14.6. The molecule has 0 aliphatic rings. The van der Waals surface area contributed by atoms with Gasteiger partial charge >= 0.3 is 5.97 Å². The predicted octanol–water partition coefficient (Wildman–Crippen LogP) is 4.33. The first-order valence-electron chi connectivity index (χ1n) is 9.79. The standard InChI is InChI=1S/C23H26N4O2S.HI/c1-17-27-21(16-30-17)11-12-25-23(24-2)26-14-19-9-6-10-20(13-19)22(28)29-15-18-7-4-3-5-8-18;/h3-10,13,16H,11-12,14-15H2,1-2H3,(H2,24,25,26);1H. The number of thiazole rings is 1. The van der Waals surface area contributed by atoms with Gasteiger partial charge in [0.25, 0.3) is 0 Å². The molecule has 6 nitrogen and oxygen atoms in total. The number of nitrogens with one attached hydrogen (secondary N) is 2. The third-order valence-corrected chi connectivity index (χ3v) is 5.22. The summed E-state index contributed by atoms with van der Waals surface area (Å²) in [4.78, 5) is 21.1. The van der Waals surface area contributed by atoms with E-state index in [0.717, 1.165) is 34.8 Å². The maximum Gasteiger partial charge on any atom is 0.338 e. The number of benzene rings is 2. The number of guanidine groups is 1. The molecule has 0 saturated heterocycles. The SMILES string of the molecule is CN=C(NCCc1csc(C)n1)NCc1cccc(C(=O)OCc2ccccc2)c1.I. The van der Waals surface area contributed by atoms with E-state index in [4.69, 9.17) is 4.74 Å². The van der Waals surface area contributed by atoms with Crippen molar-refractivity contribution in [1.29, 1.82) is 0 Å². The molecule has 0 unspecified atom stereocenters. The molecule has 0 aliphatic heterocycles. The minimum Gasteiger partial charge on any atom is -0.457 e. The molecule has 1 heterocycles. The first-order valence-corrected chi connectivity index (χ1v) is 10.7. The molecule has 0 bridgehead atoms. The van der Waals surface area contributed by atoms with Crippen LogP contribution in [0, 0.1) is 6.92 Å². The van der Waals surface area contributed by atoms with Crippen molar-refractivity contribution in [3.63, 3.8) is 0 Å². The van der Waals surface area contributed by atoms with E-state index in [-0.39, 0.29) is 36.6 Å². The summed E-state index contributed by atoms with van der Waals surface area (Å²) in [6.45, 7) is 3.56. The number of aliphatic imine (C=N–C) groups is 1. The van der Waals surface area contributed by atoms with Crippen LogP contribution in [-0.2, 0) is 24.3 Å². The van der Waals surface area contributed by atoms with Gasteiger partial charge in [-0.3, -0.25) is 4.99 Å². The molecule has 0 amide bonds. The lowest BCUT2D eigenvalue weighted by Gasteiger charge is -2.12. The van der Waals surface area contributed by atoms with Crippen LogP contribution in [0.3, 0.4) is 0 Å². The lowest BCUT2D eigenvalue weighted by Crippen LogP contribution is -2.37. The van der Waals surface area contributed by atoms with Crippen LogP contribution < -0.4 is 10.6 Å². The fraction of sp³-hybridized carbons (Fsp3) is 0.261. The van der Waals surface area contributed by atoms with Crippen molar-refractivity contribution in [1.82, 2.24) is 15.6 Å². The lowest BCUT2D eigenvalue weighted by molar-refractivity contribution is 0.0472. The molecule has 0 aliphatic carbocycles. The second-order valence-electron chi connectivity index (χ2n) is 6.72. The van der Waals surface area contributed by atoms with Crippen LogP contribution in [0.2, 0.25) is 0 Å². The van der Waals surface area contributed by atoms with E-state index in [9.17, 15) is 4.79 Å². The summed E-state index contributed by atoms with van der Waals surface area (Å²) in [5.74, 6) is 0.376. The molecule has 1 aromatic heterocycles. The summed E-state index contributed by atoms with van der Waals surface area (Å²) < 4.78 is 5.41. The minimum atomic E-state index is -0.332. The Morgan fingerprint density at radius 3 is 2.58 bits per heavy atom. The minimum absolute atomic E-state index is 0. The normalized spacial score (nSPS) is 10.8. The summed E-state index contributed by atoms with van der Waals surface area (Å²) in [7, 11) is 1.74. The molecule has 0 spiro atoms. The van der Waals surface area contributed by atoms with Gasteiger partial charge in [-0.2, -0.15) is 0 Å². The Morgan fingerprint density at radius 2 is 1.87 bits per heavy atom. The van der Waals surface area contributed by atoms with Crippen molar-refractivity contribution >= 4 is 47.2 Å². The van der Waals surface area contributed by atoms with Crippen LogP contribution in [0.4, 0.5) is 0 Å². The molecule has 3 rings (SSSR count). The zero-order chi connectivity index (χ0) is 21.2. The van der Waals surface area contributed by atoms with Gasteiger partial charge in [0.15, 0.2) is 5.96 Å². The molecule has 0 saturated carbocycles. The van der Waals surface area contributed by atoms with E-state index in [1.54, 1.807) is 24.5 Å². The summed E-state index contributed by atoms with van der Waals surface area (Å²) in [5.41, 5.74) is 3.56. The second-order valence-corrected chi connectivity index (χ2v) is 7.78. The molecule has 164 valence electrons. The maximum absolute atomic E-state index is 12.4. The molecule has 2 aromatic carbocycles. The Hall–Kier alpha value is -2.46. The van der Waals surface area contributed by atoms with Crippen LogP contribution in [0.25, 0.3) is 0 Å². The topological polar surface area (TPSA) is 75.6 Å². The van der Waals surface area contributed by atoms with Gasteiger partial charge in [0, 0.05) is 31.9 Å². The average molecular weight is 550 g/mol. The van der Waals surface area contributed by atoms with E-state index in [1.807, 2.05) is 55.5 Å². The monoisotopic (exact) mass is 550 g/mol. The number of halogens is 1. The summed E-state index contributed by atoms with van der Waals surface area (Å²) in [6, 6.07) is 17.1. The molecule has 3 aromatic rings. The van der Waals surface area contributed by atoms with E-state index in [0.29, 0.717) is 18.1 Å². The van der Waals surface area contributed by atoms with Crippen molar-refractivity contribution in [2.45, 2.75) is 26.5 Å². The average Bonchev–Trinajstić information content (AvgIpc) is 3.20. The van der Waals surface area contributed by atoms with Crippen molar-refractivity contribution < 1.29 is 9.53 Å². The van der Waals surface area contributed by atoms with Gasteiger partial charge in [-0.05, 0) is 30.2 Å². The Bertz CT molecular complexity index is 992. The maximum atomic E-state index is 12.4. The number of hydrogen-bond donors (Lipinski definition) is 2. The van der Waals surface area contributed by atoms with Gasteiger partial charge in [-0.1, -0.05) is 42.5 Å². The third-order valence-electron chi connectivity index (χ3n) is 4.40. The van der Waals surface area contributed by atoms with Gasteiger partial charge < -0.3 is 15.4 Å². The number of ether oxygens (including phenoxy) is 1. The highest BCUT2D eigenvalue weighted by molar-refractivity contribution is 14.0. The Labute approximate surface area is 204 Å². The zero-order valence-electron chi connectivity index (χ0n) is 17.6. The van der Waals surface area contributed by atoms with Crippen LogP contribution in [0.15, 0.2) is 65.0 Å². The van der Waals surface area contributed by atoms with E-state index in [2.05, 4.69) is 26.0 Å². The first kappa shape index (κ1) is 24.8. The van der Waals surface area contributed by atoms with E-state index in [1.165, 1.54) is 0 Å². The second kappa shape index (κ2) is 13.1. The fourth-order valence-electron chi connectivity index (χ4n) is 2.85. The number of carbonyl (C=O) groups excluding carboxylic acids is 1. The Balaban J connectivity index is 0.00000341. The molecule has 0 radical (unpaired) electrons. The van der Waals surface area contributed by atoms with Gasteiger partial charge in [-0.15, -0.1) is 35.3 Å². The van der Waals surface area contributed by atoms with Gasteiger partial charge in [-0.25, -0.2) is 9.78 Å². The number of carbonyl (C=O) groups is 1. The van der Waals surface area contributed by atoms with Crippen LogP contribution in [0.1, 0.15) is 32.2 Å². The smallest absolute Gasteiger partial charge is 0.338 e.